The van der Waals surface area contributed by atoms with Crippen molar-refractivity contribution in [3.05, 3.63) is 58.6 Å². The van der Waals surface area contributed by atoms with Crippen LogP contribution in [0.5, 0.6) is 0 Å². The molecule has 2 aromatic rings. The first-order valence-corrected chi connectivity index (χ1v) is 6.61. The number of aryl methyl sites for hydroxylation is 1. The molecule has 0 unspecified atom stereocenters. The summed E-state index contributed by atoms with van der Waals surface area (Å²) in [5.74, 6) is 0. The van der Waals surface area contributed by atoms with E-state index in [2.05, 4.69) is 31.2 Å². The van der Waals surface area contributed by atoms with E-state index in [1.165, 1.54) is 10.5 Å². The van der Waals surface area contributed by atoms with Crippen molar-refractivity contribution < 1.29 is 0 Å². The second-order valence-electron chi connectivity index (χ2n) is 3.89. The lowest BCUT2D eigenvalue weighted by Crippen LogP contribution is -1.95. The quantitative estimate of drug-likeness (QED) is 0.896. The van der Waals surface area contributed by atoms with Crippen LogP contribution < -0.4 is 5.73 Å². The van der Waals surface area contributed by atoms with Gasteiger partial charge in [-0.15, -0.1) is 0 Å². The smallest absolute Gasteiger partial charge is 0.0548 e. The Hall–Kier alpha value is -0.960. The summed E-state index contributed by atoms with van der Waals surface area (Å²) in [5.41, 5.74) is 7.89. The topological polar surface area (TPSA) is 26.0 Å². The molecule has 0 bridgehead atoms. The average molecular weight is 264 g/mol. The summed E-state index contributed by atoms with van der Waals surface area (Å²) in [4.78, 5) is 2.27. The third kappa shape index (κ3) is 3.25. The highest BCUT2D eigenvalue weighted by atomic mass is 35.5. The highest BCUT2D eigenvalue weighted by Crippen LogP contribution is 2.33. The van der Waals surface area contributed by atoms with Crippen molar-refractivity contribution in [3.63, 3.8) is 0 Å². The van der Waals surface area contributed by atoms with Crippen molar-refractivity contribution in [2.75, 3.05) is 0 Å². The first-order chi connectivity index (χ1) is 8.19. The summed E-state index contributed by atoms with van der Waals surface area (Å²) in [7, 11) is 0. The van der Waals surface area contributed by atoms with Gasteiger partial charge in [0.15, 0.2) is 0 Å². The van der Waals surface area contributed by atoms with E-state index >= 15 is 0 Å². The number of hydrogen-bond donors (Lipinski definition) is 1. The molecule has 0 aliphatic heterocycles. The van der Waals surface area contributed by atoms with E-state index < -0.39 is 0 Å². The van der Waals surface area contributed by atoms with Crippen molar-refractivity contribution in [1.82, 2.24) is 0 Å². The molecule has 0 aliphatic carbocycles. The average Bonchev–Trinajstić information content (AvgIpc) is 2.32. The van der Waals surface area contributed by atoms with Crippen molar-refractivity contribution in [2.24, 2.45) is 5.73 Å². The molecule has 0 fully saturated rings. The Morgan fingerprint density at radius 1 is 1.18 bits per heavy atom. The Bertz CT molecular complexity index is 525. The van der Waals surface area contributed by atoms with Crippen LogP contribution in [-0.4, -0.2) is 0 Å². The predicted molar refractivity (Wildman–Crippen MR) is 74.6 cm³/mol. The van der Waals surface area contributed by atoms with Crippen LogP contribution in [0.15, 0.2) is 52.3 Å². The molecular weight excluding hydrogens is 250 g/mol. The van der Waals surface area contributed by atoms with Crippen LogP contribution in [0.3, 0.4) is 0 Å². The summed E-state index contributed by atoms with van der Waals surface area (Å²) >= 11 is 7.90. The van der Waals surface area contributed by atoms with Crippen molar-refractivity contribution in [1.29, 1.82) is 0 Å². The van der Waals surface area contributed by atoms with Crippen LogP contribution >= 0.6 is 23.4 Å². The van der Waals surface area contributed by atoms with E-state index in [4.69, 9.17) is 17.3 Å². The first kappa shape index (κ1) is 12.5. The van der Waals surface area contributed by atoms with E-state index in [-0.39, 0.29) is 0 Å². The standard InChI is InChI=1S/C14H14ClNS/c1-10-3-2-4-12(7-10)17-14-6-5-11(9-16)8-13(14)15/h2-8H,9,16H2,1H3. The zero-order valence-electron chi connectivity index (χ0n) is 9.61. The van der Waals surface area contributed by atoms with Crippen LogP contribution in [-0.2, 0) is 6.54 Å². The van der Waals surface area contributed by atoms with Gasteiger partial charge in [0.05, 0.1) is 5.02 Å². The van der Waals surface area contributed by atoms with E-state index in [1.807, 2.05) is 18.2 Å². The molecule has 0 spiro atoms. The van der Waals surface area contributed by atoms with Crippen LogP contribution in [0, 0.1) is 6.92 Å². The summed E-state index contributed by atoms with van der Waals surface area (Å²) in [5, 5.41) is 0.763. The molecular formula is C14H14ClNS. The van der Waals surface area contributed by atoms with Gasteiger partial charge in [-0.1, -0.05) is 47.1 Å². The summed E-state index contributed by atoms with van der Waals surface area (Å²) in [6.45, 7) is 2.61. The third-order valence-corrected chi connectivity index (χ3v) is 3.94. The van der Waals surface area contributed by atoms with Crippen molar-refractivity contribution in [3.8, 4) is 0 Å². The molecule has 0 aliphatic rings. The van der Waals surface area contributed by atoms with Gasteiger partial charge in [0.2, 0.25) is 0 Å². The fraction of sp³-hybridized carbons (Fsp3) is 0.143. The fourth-order valence-electron chi connectivity index (χ4n) is 1.56. The summed E-state index contributed by atoms with van der Waals surface area (Å²) in [6, 6.07) is 14.4. The normalized spacial score (nSPS) is 10.5. The predicted octanol–water partition coefficient (Wildman–Crippen LogP) is 4.26. The van der Waals surface area contributed by atoms with Gasteiger partial charge < -0.3 is 5.73 Å². The third-order valence-electron chi connectivity index (χ3n) is 2.45. The molecule has 2 aromatic carbocycles. The van der Waals surface area contributed by atoms with Crippen LogP contribution in [0.1, 0.15) is 11.1 Å². The summed E-state index contributed by atoms with van der Waals surface area (Å²) in [6.07, 6.45) is 0. The van der Waals surface area contributed by atoms with E-state index in [0.717, 1.165) is 15.5 Å². The van der Waals surface area contributed by atoms with Crippen LogP contribution in [0.25, 0.3) is 0 Å². The van der Waals surface area contributed by atoms with Gasteiger partial charge in [-0.05, 0) is 36.8 Å². The number of benzene rings is 2. The number of nitrogens with two attached hydrogens (primary N) is 1. The monoisotopic (exact) mass is 263 g/mol. The van der Waals surface area contributed by atoms with Crippen molar-refractivity contribution in [2.45, 2.75) is 23.3 Å². The lowest BCUT2D eigenvalue weighted by molar-refractivity contribution is 1.07. The Kier molecular flexibility index (Phi) is 4.11. The minimum Gasteiger partial charge on any atom is -0.326 e. The molecule has 0 atom stereocenters. The first-order valence-electron chi connectivity index (χ1n) is 5.42. The van der Waals surface area contributed by atoms with Crippen molar-refractivity contribution >= 4 is 23.4 Å². The minimum absolute atomic E-state index is 0.523. The number of hydrogen-bond acceptors (Lipinski definition) is 2. The maximum absolute atomic E-state index is 6.22. The zero-order valence-corrected chi connectivity index (χ0v) is 11.2. The van der Waals surface area contributed by atoms with E-state index in [1.54, 1.807) is 11.8 Å². The minimum atomic E-state index is 0.523. The van der Waals surface area contributed by atoms with Gasteiger partial charge in [0.1, 0.15) is 0 Å². The zero-order chi connectivity index (χ0) is 12.3. The highest BCUT2D eigenvalue weighted by Gasteiger charge is 2.03. The van der Waals surface area contributed by atoms with Gasteiger partial charge >= 0.3 is 0 Å². The Balaban J connectivity index is 2.24. The molecule has 0 radical (unpaired) electrons. The maximum atomic E-state index is 6.22. The Labute approximate surface area is 111 Å². The molecule has 1 nitrogen and oxygen atoms in total. The van der Waals surface area contributed by atoms with Gasteiger partial charge in [-0.2, -0.15) is 0 Å². The van der Waals surface area contributed by atoms with E-state index in [0.29, 0.717) is 6.54 Å². The molecule has 0 aromatic heterocycles. The van der Waals surface area contributed by atoms with Gasteiger partial charge in [-0.25, -0.2) is 0 Å². The van der Waals surface area contributed by atoms with Crippen LogP contribution in [0.4, 0.5) is 0 Å². The Morgan fingerprint density at radius 3 is 2.65 bits per heavy atom. The van der Waals surface area contributed by atoms with Crippen LogP contribution in [0.2, 0.25) is 5.02 Å². The molecule has 2 N–H and O–H groups in total. The molecule has 2 rings (SSSR count). The molecule has 0 heterocycles. The second-order valence-corrected chi connectivity index (χ2v) is 5.41. The number of halogens is 1. The van der Waals surface area contributed by atoms with Gasteiger partial charge in [0, 0.05) is 16.3 Å². The SMILES string of the molecule is Cc1cccc(Sc2ccc(CN)cc2Cl)c1. The molecule has 0 amide bonds. The van der Waals surface area contributed by atoms with E-state index in [9.17, 15) is 0 Å². The lowest BCUT2D eigenvalue weighted by atomic mass is 10.2. The van der Waals surface area contributed by atoms with Gasteiger partial charge in [-0.3, -0.25) is 0 Å². The molecule has 0 saturated carbocycles. The summed E-state index contributed by atoms with van der Waals surface area (Å²) < 4.78 is 0. The molecule has 0 saturated heterocycles. The molecule has 3 heteroatoms. The molecule has 88 valence electrons. The Morgan fingerprint density at radius 2 is 2.00 bits per heavy atom. The fourth-order valence-corrected chi connectivity index (χ4v) is 2.82. The van der Waals surface area contributed by atoms with Gasteiger partial charge in [0.25, 0.3) is 0 Å². The number of rotatable bonds is 3. The molecule has 17 heavy (non-hydrogen) atoms. The highest BCUT2D eigenvalue weighted by molar-refractivity contribution is 7.99. The largest absolute Gasteiger partial charge is 0.326 e. The lowest BCUT2D eigenvalue weighted by Gasteiger charge is -2.06. The maximum Gasteiger partial charge on any atom is 0.0548 e. The second kappa shape index (κ2) is 5.58.